The van der Waals surface area contributed by atoms with Gasteiger partial charge in [0.2, 0.25) is 0 Å². The summed E-state index contributed by atoms with van der Waals surface area (Å²) < 4.78 is 4.87. The Balaban J connectivity index is 2.63. The van der Waals surface area contributed by atoms with E-state index in [1.165, 1.54) is 6.20 Å². The molecular formula is C14H17ClN4O2. The largest absolute Gasteiger partial charge is 0.399 e. The number of nitrogens with zero attached hydrogens (tertiary/aromatic N) is 1. The van der Waals surface area contributed by atoms with E-state index >= 15 is 0 Å². The highest BCUT2D eigenvalue weighted by Gasteiger charge is 2.08. The second-order valence-electron chi connectivity index (χ2n) is 4.16. The molecule has 6 nitrogen and oxygen atoms in total. The lowest BCUT2D eigenvalue weighted by molar-refractivity contribution is -0.117. The van der Waals surface area contributed by atoms with E-state index in [2.05, 4.69) is 10.6 Å². The average Bonchev–Trinajstić information content (AvgIpc) is 2.46. The molecule has 0 aliphatic rings. The number of amides is 1. The van der Waals surface area contributed by atoms with E-state index in [1.54, 1.807) is 25.3 Å². The van der Waals surface area contributed by atoms with Crippen LogP contribution in [0.4, 0.5) is 11.4 Å². The molecule has 7 heteroatoms. The molecule has 4 N–H and O–H groups in total. The van der Waals surface area contributed by atoms with Gasteiger partial charge in [0.1, 0.15) is 11.6 Å². The molecule has 0 unspecified atom stereocenters. The molecule has 0 fully saturated rings. The van der Waals surface area contributed by atoms with Crippen molar-refractivity contribution in [2.45, 2.75) is 6.42 Å². The highest BCUT2D eigenvalue weighted by atomic mass is 35.5. The molecule has 21 heavy (non-hydrogen) atoms. The number of benzene rings is 1. The van der Waals surface area contributed by atoms with Crippen LogP contribution in [0, 0.1) is 11.3 Å². The van der Waals surface area contributed by atoms with Crippen LogP contribution in [0.1, 0.15) is 6.42 Å². The number of nitriles is 1. The predicted molar refractivity (Wildman–Crippen MR) is 82.7 cm³/mol. The molecule has 0 aliphatic carbocycles. The Bertz CT molecular complexity index is 567. The zero-order valence-electron chi connectivity index (χ0n) is 11.6. The Hall–Kier alpha value is -2.23. The van der Waals surface area contributed by atoms with Gasteiger partial charge in [0.15, 0.2) is 0 Å². The number of anilines is 2. The molecule has 0 saturated heterocycles. The van der Waals surface area contributed by atoms with Crippen molar-refractivity contribution >= 4 is 28.9 Å². The minimum Gasteiger partial charge on any atom is -0.399 e. The summed E-state index contributed by atoms with van der Waals surface area (Å²) in [7, 11) is 1.59. The third kappa shape index (κ3) is 5.73. The number of carbonyl (C=O) groups excluding carboxylic acids is 1. The third-order valence-electron chi connectivity index (χ3n) is 2.54. The van der Waals surface area contributed by atoms with Crippen molar-refractivity contribution in [1.29, 1.82) is 5.26 Å². The van der Waals surface area contributed by atoms with Crippen molar-refractivity contribution < 1.29 is 9.53 Å². The zero-order valence-corrected chi connectivity index (χ0v) is 12.4. The minimum absolute atomic E-state index is 0.0414. The van der Waals surface area contributed by atoms with Crippen molar-refractivity contribution in [2.75, 3.05) is 31.3 Å². The fourth-order valence-electron chi connectivity index (χ4n) is 1.46. The summed E-state index contributed by atoms with van der Waals surface area (Å²) in [6.45, 7) is 0.986. The first-order valence-electron chi connectivity index (χ1n) is 6.27. The van der Waals surface area contributed by atoms with Crippen LogP contribution in [0.25, 0.3) is 0 Å². The number of carbonyl (C=O) groups is 1. The smallest absolute Gasteiger partial charge is 0.263 e. The molecule has 1 aromatic carbocycles. The molecule has 0 saturated carbocycles. The SMILES string of the molecule is COCCCNC(=O)/C(C#N)=C\Nc1ccc(N)cc1Cl. The van der Waals surface area contributed by atoms with Crippen LogP contribution < -0.4 is 16.4 Å². The summed E-state index contributed by atoms with van der Waals surface area (Å²) in [6.07, 6.45) is 1.99. The molecule has 0 bridgehead atoms. The first kappa shape index (κ1) is 16.8. The summed E-state index contributed by atoms with van der Waals surface area (Å²) in [5.41, 5.74) is 6.64. The van der Waals surface area contributed by atoms with Crippen molar-refractivity contribution in [3.05, 3.63) is 35.0 Å². The maximum absolute atomic E-state index is 11.8. The number of hydrogen-bond donors (Lipinski definition) is 3. The average molecular weight is 309 g/mol. The topological polar surface area (TPSA) is 100 Å². The summed E-state index contributed by atoms with van der Waals surface area (Å²) in [4.78, 5) is 11.8. The minimum atomic E-state index is -0.451. The first-order valence-corrected chi connectivity index (χ1v) is 6.65. The Morgan fingerprint density at radius 1 is 1.57 bits per heavy atom. The summed E-state index contributed by atoms with van der Waals surface area (Å²) >= 11 is 5.98. The summed E-state index contributed by atoms with van der Waals surface area (Å²) in [5, 5.41) is 14.8. The monoisotopic (exact) mass is 308 g/mol. The van der Waals surface area contributed by atoms with E-state index in [4.69, 9.17) is 27.3 Å². The van der Waals surface area contributed by atoms with Crippen LogP contribution in [-0.2, 0) is 9.53 Å². The first-order chi connectivity index (χ1) is 10.1. The van der Waals surface area contributed by atoms with Gasteiger partial charge in [-0.05, 0) is 24.6 Å². The van der Waals surface area contributed by atoms with Gasteiger partial charge in [-0.25, -0.2) is 0 Å². The third-order valence-corrected chi connectivity index (χ3v) is 2.85. The molecular weight excluding hydrogens is 292 g/mol. The molecule has 1 rings (SSSR count). The Labute approximate surface area is 128 Å². The van der Waals surface area contributed by atoms with E-state index in [1.807, 2.05) is 6.07 Å². The molecule has 0 spiro atoms. The highest BCUT2D eigenvalue weighted by molar-refractivity contribution is 6.33. The number of rotatable bonds is 7. The van der Waals surface area contributed by atoms with E-state index in [-0.39, 0.29) is 5.57 Å². The van der Waals surface area contributed by atoms with E-state index in [0.717, 1.165) is 0 Å². The van der Waals surface area contributed by atoms with Gasteiger partial charge in [-0.2, -0.15) is 5.26 Å². The molecule has 1 amide bonds. The van der Waals surface area contributed by atoms with Crippen molar-refractivity contribution in [3.63, 3.8) is 0 Å². The van der Waals surface area contributed by atoms with Crippen LogP contribution >= 0.6 is 11.6 Å². The van der Waals surface area contributed by atoms with Gasteiger partial charge < -0.3 is 21.1 Å². The van der Waals surface area contributed by atoms with Gasteiger partial charge in [0.05, 0.1) is 10.7 Å². The number of nitrogen functional groups attached to an aromatic ring is 1. The van der Waals surface area contributed by atoms with Gasteiger partial charge in [-0.3, -0.25) is 4.79 Å². The van der Waals surface area contributed by atoms with Crippen molar-refractivity contribution in [1.82, 2.24) is 5.32 Å². The van der Waals surface area contributed by atoms with Crippen LogP contribution in [0.5, 0.6) is 0 Å². The number of hydrogen-bond acceptors (Lipinski definition) is 5. The molecule has 0 aromatic heterocycles. The second kappa shape index (κ2) is 8.84. The highest BCUT2D eigenvalue weighted by Crippen LogP contribution is 2.24. The normalized spacial score (nSPS) is 10.8. The number of halogens is 1. The molecule has 112 valence electrons. The molecule has 1 aromatic rings. The summed E-state index contributed by atoms with van der Waals surface area (Å²) in [6, 6.07) is 6.74. The zero-order chi connectivity index (χ0) is 15.7. The van der Waals surface area contributed by atoms with E-state index in [9.17, 15) is 4.79 Å². The van der Waals surface area contributed by atoms with Gasteiger partial charge in [-0.15, -0.1) is 0 Å². The number of nitrogens with one attached hydrogen (secondary N) is 2. The van der Waals surface area contributed by atoms with Crippen LogP contribution in [0.15, 0.2) is 30.0 Å². The maximum atomic E-state index is 11.8. The van der Waals surface area contributed by atoms with Gasteiger partial charge >= 0.3 is 0 Å². The summed E-state index contributed by atoms with van der Waals surface area (Å²) in [5.74, 6) is -0.451. The van der Waals surface area contributed by atoms with Crippen LogP contribution in [0.2, 0.25) is 5.02 Å². The molecule has 0 aliphatic heterocycles. The second-order valence-corrected chi connectivity index (χ2v) is 4.56. The van der Waals surface area contributed by atoms with E-state index in [0.29, 0.717) is 36.0 Å². The molecule has 0 heterocycles. The van der Waals surface area contributed by atoms with Crippen molar-refractivity contribution in [2.24, 2.45) is 0 Å². The molecule has 0 radical (unpaired) electrons. The van der Waals surface area contributed by atoms with Gasteiger partial charge in [0.25, 0.3) is 5.91 Å². The Morgan fingerprint density at radius 2 is 2.33 bits per heavy atom. The van der Waals surface area contributed by atoms with E-state index < -0.39 is 5.91 Å². The quantitative estimate of drug-likeness (QED) is 0.309. The Kier molecular flexibility index (Phi) is 7.09. The number of methoxy groups -OCH3 is 1. The number of nitrogens with two attached hydrogens (primary N) is 1. The lowest BCUT2D eigenvalue weighted by Crippen LogP contribution is -2.26. The lowest BCUT2D eigenvalue weighted by Gasteiger charge is -2.06. The van der Waals surface area contributed by atoms with Crippen LogP contribution in [0.3, 0.4) is 0 Å². The fourth-order valence-corrected chi connectivity index (χ4v) is 1.70. The predicted octanol–water partition coefficient (Wildman–Crippen LogP) is 1.89. The van der Waals surface area contributed by atoms with Gasteiger partial charge in [0, 0.05) is 32.1 Å². The maximum Gasteiger partial charge on any atom is 0.263 e. The standard InChI is InChI=1S/C14H17ClN4O2/c1-21-6-2-5-18-14(20)10(8-16)9-19-13-4-3-11(17)7-12(13)15/h3-4,7,9,19H,2,5-6,17H2,1H3,(H,18,20)/b10-9-. The Morgan fingerprint density at radius 3 is 2.95 bits per heavy atom. The van der Waals surface area contributed by atoms with Gasteiger partial charge in [-0.1, -0.05) is 11.6 Å². The number of ether oxygens (including phenoxy) is 1. The van der Waals surface area contributed by atoms with Crippen molar-refractivity contribution in [3.8, 4) is 6.07 Å². The lowest BCUT2D eigenvalue weighted by atomic mass is 10.2. The molecule has 0 atom stereocenters. The fraction of sp³-hybridized carbons (Fsp3) is 0.286. The van der Waals surface area contributed by atoms with Crippen LogP contribution in [-0.4, -0.2) is 26.2 Å².